The van der Waals surface area contributed by atoms with Gasteiger partial charge in [0.2, 0.25) is 0 Å². The Kier molecular flexibility index (Phi) is 5.05. The fourth-order valence-corrected chi connectivity index (χ4v) is 0.608. The molecule has 4 heteroatoms. The molecule has 0 heterocycles. The summed E-state index contributed by atoms with van der Waals surface area (Å²) in [6.07, 6.45) is 0. The second-order valence-electron chi connectivity index (χ2n) is 4.30. The highest BCUT2D eigenvalue weighted by molar-refractivity contribution is 5.86. The third-order valence-electron chi connectivity index (χ3n) is 1.51. The highest BCUT2D eigenvalue weighted by Crippen LogP contribution is 2.14. The van der Waals surface area contributed by atoms with Crippen molar-refractivity contribution in [3.8, 4) is 0 Å². The van der Waals surface area contributed by atoms with Crippen molar-refractivity contribution in [2.24, 2.45) is 5.41 Å². The van der Waals surface area contributed by atoms with Crippen LogP contribution in [0.1, 0.15) is 27.7 Å². The van der Waals surface area contributed by atoms with Crippen molar-refractivity contribution >= 4 is 11.9 Å². The molecule has 0 aliphatic rings. The normalized spacial score (nSPS) is 10.7. The quantitative estimate of drug-likeness (QED) is 0.406. The Hall–Kier alpha value is -1.32. The van der Waals surface area contributed by atoms with Gasteiger partial charge in [0.1, 0.15) is 13.2 Å². The second kappa shape index (κ2) is 5.53. The molecule has 0 aliphatic heterocycles. The van der Waals surface area contributed by atoms with Gasteiger partial charge in [-0.25, -0.2) is 4.79 Å². The number of hydrogen-bond donors (Lipinski definition) is 0. The summed E-state index contributed by atoms with van der Waals surface area (Å²) >= 11 is 0. The summed E-state index contributed by atoms with van der Waals surface area (Å²) in [5.41, 5.74) is -0.199. The molecule has 0 saturated heterocycles. The molecule has 0 bridgehead atoms. The topological polar surface area (TPSA) is 52.6 Å². The Morgan fingerprint density at radius 2 is 1.60 bits per heavy atom. The maximum Gasteiger partial charge on any atom is 0.333 e. The van der Waals surface area contributed by atoms with Gasteiger partial charge < -0.3 is 9.47 Å². The maximum absolute atomic E-state index is 11.3. The lowest BCUT2D eigenvalue weighted by molar-refractivity contribution is -0.157. The van der Waals surface area contributed by atoms with Crippen LogP contribution in [0.15, 0.2) is 12.2 Å². The van der Waals surface area contributed by atoms with Crippen molar-refractivity contribution < 1.29 is 19.1 Å². The molecule has 86 valence electrons. The Labute approximate surface area is 90.2 Å². The van der Waals surface area contributed by atoms with E-state index in [-0.39, 0.29) is 19.2 Å². The van der Waals surface area contributed by atoms with Gasteiger partial charge in [-0.15, -0.1) is 0 Å². The number of rotatable bonds is 4. The van der Waals surface area contributed by atoms with Crippen molar-refractivity contribution in [3.63, 3.8) is 0 Å². The lowest BCUT2D eigenvalue weighted by atomic mass is 9.97. The van der Waals surface area contributed by atoms with Crippen LogP contribution in [0.25, 0.3) is 0 Å². The monoisotopic (exact) mass is 214 g/mol. The van der Waals surface area contributed by atoms with Crippen LogP contribution in [0, 0.1) is 5.41 Å². The van der Waals surface area contributed by atoms with Gasteiger partial charge in [-0.05, 0) is 27.7 Å². The first kappa shape index (κ1) is 13.7. The molecule has 0 saturated carbocycles. The largest absolute Gasteiger partial charge is 0.462 e. The van der Waals surface area contributed by atoms with E-state index in [0.717, 1.165) is 0 Å². The summed E-state index contributed by atoms with van der Waals surface area (Å²) in [6, 6.07) is 0. The SMILES string of the molecule is C=C(C)C(=O)OCCOC(=O)C(C)(C)C. The molecule has 0 rings (SSSR count). The fraction of sp³-hybridized carbons (Fsp3) is 0.636. The minimum Gasteiger partial charge on any atom is -0.462 e. The zero-order valence-electron chi connectivity index (χ0n) is 9.75. The number of carbonyl (C=O) groups excluding carboxylic acids is 2. The maximum atomic E-state index is 11.3. The van der Waals surface area contributed by atoms with Crippen LogP contribution in [0.5, 0.6) is 0 Å². The predicted molar refractivity (Wildman–Crippen MR) is 56.2 cm³/mol. The number of ether oxygens (including phenoxy) is 2. The summed E-state index contributed by atoms with van der Waals surface area (Å²) in [7, 11) is 0. The third-order valence-corrected chi connectivity index (χ3v) is 1.51. The van der Waals surface area contributed by atoms with E-state index in [4.69, 9.17) is 9.47 Å². The molecule has 0 spiro atoms. The van der Waals surface area contributed by atoms with Crippen molar-refractivity contribution in [1.82, 2.24) is 0 Å². The smallest absolute Gasteiger partial charge is 0.333 e. The number of esters is 2. The molecule has 0 N–H and O–H groups in total. The van der Waals surface area contributed by atoms with Gasteiger partial charge in [0.05, 0.1) is 5.41 Å². The molecule has 0 amide bonds. The molecular weight excluding hydrogens is 196 g/mol. The first-order chi connectivity index (χ1) is 6.75. The average Bonchev–Trinajstić information content (AvgIpc) is 2.09. The molecule has 0 aromatic carbocycles. The van der Waals surface area contributed by atoms with E-state index in [2.05, 4.69) is 6.58 Å². The van der Waals surface area contributed by atoms with Crippen LogP contribution < -0.4 is 0 Å². The molecule has 15 heavy (non-hydrogen) atoms. The van der Waals surface area contributed by atoms with E-state index in [0.29, 0.717) is 5.57 Å². The van der Waals surface area contributed by atoms with Gasteiger partial charge in [-0.2, -0.15) is 0 Å². The molecular formula is C11H18O4. The Morgan fingerprint density at radius 1 is 1.13 bits per heavy atom. The highest BCUT2D eigenvalue weighted by atomic mass is 16.6. The second-order valence-corrected chi connectivity index (χ2v) is 4.30. The third kappa shape index (κ3) is 5.88. The van der Waals surface area contributed by atoms with Crippen LogP contribution in [0.4, 0.5) is 0 Å². The van der Waals surface area contributed by atoms with E-state index in [9.17, 15) is 9.59 Å². The molecule has 0 fully saturated rings. The van der Waals surface area contributed by atoms with Crippen molar-refractivity contribution in [2.75, 3.05) is 13.2 Å². The van der Waals surface area contributed by atoms with Gasteiger partial charge in [-0.1, -0.05) is 6.58 Å². The van der Waals surface area contributed by atoms with Crippen molar-refractivity contribution in [1.29, 1.82) is 0 Å². The molecule has 0 aliphatic carbocycles. The zero-order valence-corrected chi connectivity index (χ0v) is 9.75. The minimum atomic E-state index is -0.529. The van der Waals surface area contributed by atoms with Crippen LogP contribution in [0.3, 0.4) is 0 Å². The van der Waals surface area contributed by atoms with Crippen molar-refractivity contribution in [2.45, 2.75) is 27.7 Å². The summed E-state index contributed by atoms with van der Waals surface area (Å²) in [6.45, 7) is 10.4. The Bertz CT molecular complexity index is 260. The highest BCUT2D eigenvalue weighted by Gasteiger charge is 2.22. The van der Waals surface area contributed by atoms with Crippen LogP contribution in [-0.2, 0) is 19.1 Å². The fourth-order valence-electron chi connectivity index (χ4n) is 0.608. The van der Waals surface area contributed by atoms with E-state index < -0.39 is 11.4 Å². The molecule has 0 radical (unpaired) electrons. The number of carbonyl (C=O) groups is 2. The van der Waals surface area contributed by atoms with Crippen LogP contribution >= 0.6 is 0 Å². The zero-order chi connectivity index (χ0) is 12.1. The summed E-state index contributed by atoms with van der Waals surface area (Å²) in [5.74, 6) is -0.782. The van der Waals surface area contributed by atoms with Gasteiger partial charge in [0.25, 0.3) is 0 Å². The van der Waals surface area contributed by atoms with Gasteiger partial charge in [0, 0.05) is 5.57 Å². The van der Waals surface area contributed by atoms with Crippen molar-refractivity contribution in [3.05, 3.63) is 12.2 Å². The van der Waals surface area contributed by atoms with Crippen LogP contribution in [-0.4, -0.2) is 25.2 Å². The Balaban J connectivity index is 3.69. The van der Waals surface area contributed by atoms with Gasteiger partial charge in [-0.3, -0.25) is 4.79 Å². The molecule has 0 atom stereocenters. The predicted octanol–water partition coefficient (Wildman–Crippen LogP) is 1.70. The van der Waals surface area contributed by atoms with Gasteiger partial charge >= 0.3 is 11.9 Å². The first-order valence-electron chi connectivity index (χ1n) is 4.75. The van der Waals surface area contributed by atoms with Crippen LogP contribution in [0.2, 0.25) is 0 Å². The van der Waals surface area contributed by atoms with E-state index in [1.54, 1.807) is 27.7 Å². The lowest BCUT2D eigenvalue weighted by Gasteiger charge is -2.16. The molecule has 0 aromatic heterocycles. The first-order valence-corrected chi connectivity index (χ1v) is 4.75. The molecule has 0 unspecified atom stereocenters. The van der Waals surface area contributed by atoms with E-state index in [1.165, 1.54) is 0 Å². The minimum absolute atomic E-state index is 0.0630. The number of hydrogen-bond acceptors (Lipinski definition) is 4. The van der Waals surface area contributed by atoms with E-state index in [1.807, 2.05) is 0 Å². The average molecular weight is 214 g/mol. The summed E-state index contributed by atoms with van der Waals surface area (Å²) < 4.78 is 9.64. The van der Waals surface area contributed by atoms with E-state index >= 15 is 0 Å². The standard InChI is InChI=1S/C11H18O4/c1-8(2)9(12)14-6-7-15-10(13)11(3,4)5/h1,6-7H2,2-5H3. The lowest BCUT2D eigenvalue weighted by Crippen LogP contribution is -2.25. The van der Waals surface area contributed by atoms with Gasteiger partial charge in [0.15, 0.2) is 0 Å². The molecule has 0 aromatic rings. The molecule has 4 nitrogen and oxygen atoms in total. The Morgan fingerprint density at radius 3 is 2.00 bits per heavy atom. The summed E-state index contributed by atoms with van der Waals surface area (Å²) in [4.78, 5) is 22.2. The summed E-state index contributed by atoms with van der Waals surface area (Å²) in [5, 5.41) is 0.